The molecule has 0 fully saturated rings. The zero-order chi connectivity index (χ0) is 14.7. The molecule has 0 radical (unpaired) electrons. The molecule has 0 unspecified atom stereocenters. The highest BCUT2D eigenvalue weighted by Crippen LogP contribution is 2.22. The lowest BCUT2D eigenvalue weighted by molar-refractivity contribution is 0.576. The minimum atomic E-state index is -3.78. The van der Waals surface area contributed by atoms with Gasteiger partial charge in [0.1, 0.15) is 0 Å². The Morgan fingerprint density at radius 3 is 2.05 bits per heavy atom. The molecule has 10 heteroatoms. The van der Waals surface area contributed by atoms with Gasteiger partial charge in [0.25, 0.3) is 0 Å². The molecule has 19 heavy (non-hydrogen) atoms. The van der Waals surface area contributed by atoms with Gasteiger partial charge in [-0.05, 0) is 24.6 Å². The van der Waals surface area contributed by atoms with Crippen molar-refractivity contribution in [2.75, 3.05) is 12.3 Å². The highest BCUT2D eigenvalue weighted by molar-refractivity contribution is 7.89. The zero-order valence-electron chi connectivity index (χ0n) is 9.64. The van der Waals surface area contributed by atoms with E-state index in [1.54, 1.807) is 0 Å². The molecule has 0 atom stereocenters. The van der Waals surface area contributed by atoms with Crippen molar-refractivity contribution in [3.05, 3.63) is 28.2 Å². The van der Waals surface area contributed by atoms with E-state index < -0.39 is 20.0 Å². The SMILES string of the molecule is NS(=O)(=O)CCCNS(=O)(=O)c1cc(Cl)cc(Cl)c1. The molecule has 0 bridgehead atoms. The summed E-state index contributed by atoms with van der Waals surface area (Å²) < 4.78 is 47.3. The van der Waals surface area contributed by atoms with Gasteiger partial charge in [-0.15, -0.1) is 0 Å². The predicted molar refractivity (Wildman–Crippen MR) is 74.2 cm³/mol. The number of halogens is 2. The maximum atomic E-state index is 11.9. The van der Waals surface area contributed by atoms with E-state index in [4.69, 9.17) is 28.3 Å². The van der Waals surface area contributed by atoms with E-state index >= 15 is 0 Å². The van der Waals surface area contributed by atoms with Crippen LogP contribution in [0.5, 0.6) is 0 Å². The van der Waals surface area contributed by atoms with E-state index in [1.165, 1.54) is 18.2 Å². The summed E-state index contributed by atoms with van der Waals surface area (Å²) in [7, 11) is -7.37. The summed E-state index contributed by atoms with van der Waals surface area (Å²) >= 11 is 11.4. The number of primary sulfonamides is 1. The van der Waals surface area contributed by atoms with Crippen molar-refractivity contribution in [1.29, 1.82) is 0 Å². The molecule has 0 saturated heterocycles. The quantitative estimate of drug-likeness (QED) is 0.747. The second-order valence-corrected chi connectivity index (χ2v) is 8.10. The Balaban J connectivity index is 2.71. The third-order valence-electron chi connectivity index (χ3n) is 2.04. The summed E-state index contributed by atoms with van der Waals surface area (Å²) in [6.45, 7) is -0.0527. The topological polar surface area (TPSA) is 106 Å². The first kappa shape index (κ1) is 16.7. The molecule has 1 aromatic rings. The average Bonchev–Trinajstić information content (AvgIpc) is 2.22. The van der Waals surface area contributed by atoms with Crippen molar-refractivity contribution >= 4 is 43.2 Å². The van der Waals surface area contributed by atoms with Gasteiger partial charge in [-0.2, -0.15) is 0 Å². The molecule has 0 saturated carbocycles. The summed E-state index contributed by atoms with van der Waals surface area (Å²) in [5.41, 5.74) is 0. The summed E-state index contributed by atoms with van der Waals surface area (Å²) in [5, 5.41) is 5.18. The number of benzene rings is 1. The van der Waals surface area contributed by atoms with Crippen LogP contribution in [0.1, 0.15) is 6.42 Å². The molecule has 0 amide bonds. The largest absolute Gasteiger partial charge is 0.240 e. The Morgan fingerprint density at radius 2 is 1.58 bits per heavy atom. The number of rotatable bonds is 6. The summed E-state index contributed by atoms with van der Waals surface area (Å²) in [6, 6.07) is 3.90. The fourth-order valence-corrected chi connectivity index (χ4v) is 3.59. The van der Waals surface area contributed by atoms with Crippen molar-refractivity contribution in [1.82, 2.24) is 4.72 Å². The Morgan fingerprint density at radius 1 is 1.05 bits per heavy atom. The minimum absolute atomic E-state index is 0.0527. The van der Waals surface area contributed by atoms with Gasteiger partial charge in [0, 0.05) is 16.6 Å². The Kier molecular flexibility index (Phi) is 5.60. The fraction of sp³-hybridized carbons (Fsp3) is 0.333. The molecule has 0 spiro atoms. The Bertz CT molecular complexity index is 639. The van der Waals surface area contributed by atoms with Gasteiger partial charge in [-0.1, -0.05) is 23.2 Å². The number of sulfonamides is 2. The number of hydrogen-bond acceptors (Lipinski definition) is 4. The van der Waals surface area contributed by atoms with Gasteiger partial charge in [0.15, 0.2) is 0 Å². The van der Waals surface area contributed by atoms with E-state index in [0.29, 0.717) is 0 Å². The minimum Gasteiger partial charge on any atom is -0.229 e. The molecule has 0 heterocycles. The standard InChI is InChI=1S/C9H12Cl2N2O4S2/c10-7-4-8(11)6-9(5-7)19(16,17)13-2-1-3-18(12,14)15/h4-6,13H,1-3H2,(H2,12,14,15). The number of hydrogen-bond donors (Lipinski definition) is 2. The van der Waals surface area contributed by atoms with Crippen LogP contribution in [0.4, 0.5) is 0 Å². The van der Waals surface area contributed by atoms with Gasteiger partial charge >= 0.3 is 0 Å². The molecule has 108 valence electrons. The first-order chi connectivity index (χ1) is 8.60. The van der Waals surface area contributed by atoms with E-state index in [9.17, 15) is 16.8 Å². The number of nitrogens with one attached hydrogen (secondary N) is 1. The lowest BCUT2D eigenvalue weighted by atomic mass is 10.4. The van der Waals surface area contributed by atoms with Crippen LogP contribution in [-0.4, -0.2) is 29.1 Å². The molecule has 1 aromatic carbocycles. The normalized spacial score (nSPS) is 12.6. The van der Waals surface area contributed by atoms with Gasteiger partial charge in [-0.25, -0.2) is 26.7 Å². The molecule has 0 aliphatic carbocycles. The second-order valence-electron chi connectivity index (χ2n) is 3.72. The van der Waals surface area contributed by atoms with Crippen LogP contribution in [0.15, 0.2) is 23.1 Å². The average molecular weight is 347 g/mol. The fourth-order valence-electron chi connectivity index (χ4n) is 1.25. The van der Waals surface area contributed by atoms with Crippen molar-refractivity contribution in [3.63, 3.8) is 0 Å². The predicted octanol–water partition coefficient (Wildman–Crippen LogP) is 0.950. The highest BCUT2D eigenvalue weighted by atomic mass is 35.5. The van der Waals surface area contributed by atoms with Crippen LogP contribution in [0, 0.1) is 0 Å². The lowest BCUT2D eigenvalue weighted by Crippen LogP contribution is -2.27. The van der Waals surface area contributed by atoms with Gasteiger partial charge < -0.3 is 0 Å². The highest BCUT2D eigenvalue weighted by Gasteiger charge is 2.15. The van der Waals surface area contributed by atoms with E-state index in [2.05, 4.69) is 4.72 Å². The molecule has 1 rings (SSSR count). The van der Waals surface area contributed by atoms with Crippen molar-refractivity contribution < 1.29 is 16.8 Å². The summed E-state index contributed by atoms with van der Waals surface area (Å²) in [5.74, 6) is -0.300. The van der Waals surface area contributed by atoms with Crippen LogP contribution in [0.3, 0.4) is 0 Å². The molecular weight excluding hydrogens is 335 g/mol. The molecule has 0 aliphatic rings. The van der Waals surface area contributed by atoms with Gasteiger partial charge in [0.05, 0.1) is 10.6 Å². The monoisotopic (exact) mass is 346 g/mol. The number of nitrogens with two attached hydrogens (primary N) is 1. The van der Waals surface area contributed by atoms with Gasteiger partial charge in [0.2, 0.25) is 20.0 Å². The summed E-state index contributed by atoms with van der Waals surface area (Å²) in [4.78, 5) is -0.0828. The molecule has 6 nitrogen and oxygen atoms in total. The Labute approximate surface area is 122 Å². The smallest absolute Gasteiger partial charge is 0.229 e. The van der Waals surface area contributed by atoms with Crippen LogP contribution >= 0.6 is 23.2 Å². The second kappa shape index (κ2) is 6.38. The van der Waals surface area contributed by atoms with Gasteiger partial charge in [-0.3, -0.25) is 0 Å². The van der Waals surface area contributed by atoms with Crippen molar-refractivity contribution in [2.45, 2.75) is 11.3 Å². The lowest BCUT2D eigenvalue weighted by Gasteiger charge is -2.07. The summed E-state index contributed by atoms with van der Waals surface area (Å²) in [6.07, 6.45) is 0.0758. The van der Waals surface area contributed by atoms with E-state index in [-0.39, 0.29) is 33.7 Å². The van der Waals surface area contributed by atoms with Crippen molar-refractivity contribution in [2.24, 2.45) is 5.14 Å². The van der Waals surface area contributed by atoms with Crippen molar-refractivity contribution in [3.8, 4) is 0 Å². The first-order valence-corrected chi connectivity index (χ1v) is 9.02. The zero-order valence-corrected chi connectivity index (χ0v) is 12.8. The van der Waals surface area contributed by atoms with Crippen LogP contribution in [-0.2, 0) is 20.0 Å². The maximum absolute atomic E-state index is 11.9. The molecule has 0 aliphatic heterocycles. The molecule has 3 N–H and O–H groups in total. The van der Waals surface area contributed by atoms with E-state index in [0.717, 1.165) is 0 Å². The molecule has 0 aromatic heterocycles. The Hall–Kier alpha value is -0.380. The molecular formula is C9H12Cl2N2O4S2. The third-order valence-corrected chi connectivity index (χ3v) is 4.78. The van der Waals surface area contributed by atoms with Crippen LogP contribution in [0.25, 0.3) is 0 Å². The first-order valence-electron chi connectivity index (χ1n) is 5.06. The maximum Gasteiger partial charge on any atom is 0.240 e. The van der Waals surface area contributed by atoms with E-state index in [1.807, 2.05) is 0 Å². The van der Waals surface area contributed by atoms with Crippen LogP contribution in [0.2, 0.25) is 10.0 Å². The third kappa shape index (κ3) is 6.07. The van der Waals surface area contributed by atoms with Crippen LogP contribution < -0.4 is 9.86 Å².